The van der Waals surface area contributed by atoms with E-state index in [0.29, 0.717) is 0 Å². The van der Waals surface area contributed by atoms with Crippen LogP contribution in [0, 0.1) is 0 Å². The van der Waals surface area contributed by atoms with Gasteiger partial charge in [-0.2, -0.15) is 0 Å². The summed E-state index contributed by atoms with van der Waals surface area (Å²) in [6.07, 6.45) is 2.59. The summed E-state index contributed by atoms with van der Waals surface area (Å²) < 4.78 is 28.9. The molecule has 2 atom stereocenters. The molecule has 1 aromatic carbocycles. The van der Waals surface area contributed by atoms with Crippen molar-refractivity contribution in [3.8, 4) is 0 Å². The average molecular weight is 305 g/mol. The fourth-order valence-corrected chi connectivity index (χ4v) is 4.16. The molecule has 0 saturated heterocycles. The molecule has 5 heteroatoms. The summed E-state index contributed by atoms with van der Waals surface area (Å²) in [6, 6.07) is 7.81. The third-order valence-electron chi connectivity index (χ3n) is 3.87. The number of hydrogen-bond donors (Lipinski definition) is 1. The quantitative estimate of drug-likeness (QED) is 0.943. The summed E-state index contributed by atoms with van der Waals surface area (Å²) in [6.45, 7) is 4.11. The van der Waals surface area contributed by atoms with Crippen LogP contribution in [-0.2, 0) is 16.3 Å². The van der Waals surface area contributed by atoms with Gasteiger partial charge in [-0.3, -0.25) is 0 Å². The lowest BCUT2D eigenvalue weighted by Gasteiger charge is -2.17. The Bertz CT molecular complexity index is 789. The molecule has 1 aliphatic rings. The van der Waals surface area contributed by atoms with E-state index in [-0.39, 0.29) is 17.8 Å². The third-order valence-corrected chi connectivity index (χ3v) is 5.27. The van der Waals surface area contributed by atoms with Crippen molar-refractivity contribution in [2.45, 2.75) is 32.4 Å². The van der Waals surface area contributed by atoms with Gasteiger partial charge in [-0.05, 0) is 19.4 Å². The maximum absolute atomic E-state index is 11.5. The van der Waals surface area contributed by atoms with Crippen molar-refractivity contribution in [2.24, 2.45) is 0 Å². The van der Waals surface area contributed by atoms with Crippen molar-refractivity contribution in [1.82, 2.24) is 5.32 Å². The summed E-state index contributed by atoms with van der Waals surface area (Å²) in [5.41, 5.74) is 2.07. The molecule has 0 fully saturated rings. The lowest BCUT2D eigenvalue weighted by Crippen LogP contribution is -2.32. The Kier molecular flexibility index (Phi) is 3.63. The molecule has 0 amide bonds. The molecule has 0 saturated carbocycles. The highest BCUT2D eigenvalue weighted by Gasteiger charge is 2.25. The Morgan fingerprint density at radius 3 is 2.81 bits per heavy atom. The molecule has 2 unspecified atom stereocenters. The van der Waals surface area contributed by atoms with E-state index in [4.69, 9.17) is 4.42 Å². The van der Waals surface area contributed by atoms with E-state index in [1.54, 1.807) is 6.08 Å². The Labute approximate surface area is 124 Å². The van der Waals surface area contributed by atoms with Crippen LogP contribution in [0.15, 0.2) is 40.2 Å². The van der Waals surface area contributed by atoms with Crippen LogP contribution in [0.3, 0.4) is 0 Å². The summed E-state index contributed by atoms with van der Waals surface area (Å²) in [7, 11) is -3.04. The highest BCUT2D eigenvalue weighted by Crippen LogP contribution is 2.31. The first kappa shape index (κ1) is 14.4. The highest BCUT2D eigenvalue weighted by molar-refractivity contribution is 7.94. The number of nitrogens with one attached hydrogen (secondary N) is 1. The summed E-state index contributed by atoms with van der Waals surface area (Å²) in [5.74, 6) is 1.02. The zero-order chi connectivity index (χ0) is 15.0. The maximum Gasteiger partial charge on any atom is 0.173 e. The van der Waals surface area contributed by atoms with Crippen LogP contribution in [0.1, 0.15) is 31.2 Å². The monoisotopic (exact) mass is 305 g/mol. The molecule has 1 aromatic heterocycles. The molecule has 0 radical (unpaired) electrons. The molecular formula is C16H19NO3S. The lowest BCUT2D eigenvalue weighted by molar-refractivity contribution is 0.433. The SMILES string of the molecule is CCc1c(C(C)NC2C=CS(=O)(=O)C2)oc2ccccc12. The molecule has 2 heterocycles. The van der Waals surface area contributed by atoms with Crippen molar-refractivity contribution in [3.05, 3.63) is 47.1 Å². The number of para-hydroxylation sites is 1. The number of aryl methyl sites for hydroxylation is 1. The van der Waals surface area contributed by atoms with Gasteiger partial charge < -0.3 is 9.73 Å². The van der Waals surface area contributed by atoms with Crippen molar-refractivity contribution >= 4 is 20.8 Å². The van der Waals surface area contributed by atoms with E-state index in [2.05, 4.69) is 18.3 Å². The number of hydrogen-bond acceptors (Lipinski definition) is 4. The number of rotatable bonds is 4. The topological polar surface area (TPSA) is 59.3 Å². The van der Waals surface area contributed by atoms with Gasteiger partial charge in [0, 0.05) is 22.4 Å². The standard InChI is InChI=1S/C16H19NO3S/c1-3-13-14-6-4-5-7-15(14)20-16(13)11(2)17-12-8-9-21(18,19)10-12/h4-9,11-12,17H,3,10H2,1-2H3. The zero-order valence-corrected chi connectivity index (χ0v) is 13.0. The van der Waals surface area contributed by atoms with Crippen molar-refractivity contribution in [1.29, 1.82) is 0 Å². The van der Waals surface area contributed by atoms with Gasteiger partial charge in [-0.15, -0.1) is 0 Å². The first-order valence-corrected chi connectivity index (χ1v) is 8.89. The van der Waals surface area contributed by atoms with Gasteiger partial charge in [0.2, 0.25) is 0 Å². The van der Waals surface area contributed by atoms with E-state index in [0.717, 1.165) is 23.2 Å². The predicted octanol–water partition coefficient (Wildman–Crippen LogP) is 2.96. The van der Waals surface area contributed by atoms with E-state index < -0.39 is 9.84 Å². The van der Waals surface area contributed by atoms with E-state index in [1.165, 1.54) is 11.0 Å². The minimum Gasteiger partial charge on any atom is -0.459 e. The van der Waals surface area contributed by atoms with Crippen molar-refractivity contribution in [2.75, 3.05) is 5.75 Å². The van der Waals surface area contributed by atoms with Crippen LogP contribution in [-0.4, -0.2) is 20.2 Å². The number of sulfone groups is 1. The van der Waals surface area contributed by atoms with Gasteiger partial charge in [-0.1, -0.05) is 31.2 Å². The van der Waals surface area contributed by atoms with Crippen LogP contribution in [0.2, 0.25) is 0 Å². The second-order valence-electron chi connectivity index (χ2n) is 5.45. The Morgan fingerprint density at radius 2 is 2.14 bits per heavy atom. The Morgan fingerprint density at radius 1 is 1.38 bits per heavy atom. The van der Waals surface area contributed by atoms with Gasteiger partial charge in [0.1, 0.15) is 11.3 Å². The minimum absolute atomic E-state index is 0.0321. The van der Waals surface area contributed by atoms with Crippen LogP contribution in [0.4, 0.5) is 0 Å². The maximum atomic E-state index is 11.5. The van der Waals surface area contributed by atoms with Gasteiger partial charge in [0.05, 0.1) is 11.8 Å². The van der Waals surface area contributed by atoms with Gasteiger partial charge in [-0.25, -0.2) is 8.42 Å². The molecule has 0 bridgehead atoms. The highest BCUT2D eigenvalue weighted by atomic mass is 32.2. The van der Waals surface area contributed by atoms with Crippen molar-refractivity contribution < 1.29 is 12.8 Å². The molecule has 0 spiro atoms. The Balaban J connectivity index is 1.88. The van der Waals surface area contributed by atoms with E-state index in [9.17, 15) is 8.42 Å². The lowest BCUT2D eigenvalue weighted by atomic mass is 10.0. The third kappa shape index (κ3) is 2.76. The zero-order valence-electron chi connectivity index (χ0n) is 12.2. The number of furan rings is 1. The van der Waals surface area contributed by atoms with Gasteiger partial charge >= 0.3 is 0 Å². The predicted molar refractivity (Wildman–Crippen MR) is 83.9 cm³/mol. The smallest absolute Gasteiger partial charge is 0.173 e. The largest absolute Gasteiger partial charge is 0.459 e. The number of benzene rings is 1. The summed E-state index contributed by atoms with van der Waals surface area (Å²) >= 11 is 0. The fraction of sp³-hybridized carbons (Fsp3) is 0.375. The van der Waals surface area contributed by atoms with E-state index in [1.807, 2.05) is 25.1 Å². The molecule has 3 rings (SSSR count). The van der Waals surface area contributed by atoms with Gasteiger partial charge in [0.25, 0.3) is 0 Å². The molecule has 0 aliphatic carbocycles. The summed E-state index contributed by atoms with van der Waals surface area (Å²) in [4.78, 5) is 0. The normalized spacial score (nSPS) is 21.9. The van der Waals surface area contributed by atoms with Crippen LogP contribution in [0.5, 0.6) is 0 Å². The Hall–Kier alpha value is -1.59. The molecule has 2 aromatic rings. The second-order valence-corrected chi connectivity index (χ2v) is 7.38. The first-order valence-electron chi connectivity index (χ1n) is 7.17. The first-order chi connectivity index (χ1) is 10.00. The molecule has 21 heavy (non-hydrogen) atoms. The summed E-state index contributed by atoms with van der Waals surface area (Å²) in [5, 5.41) is 5.75. The molecule has 4 nitrogen and oxygen atoms in total. The molecular weight excluding hydrogens is 286 g/mol. The second kappa shape index (κ2) is 5.31. The average Bonchev–Trinajstić information content (AvgIpc) is 2.98. The van der Waals surface area contributed by atoms with Crippen LogP contribution < -0.4 is 5.32 Å². The van der Waals surface area contributed by atoms with E-state index >= 15 is 0 Å². The van der Waals surface area contributed by atoms with Crippen molar-refractivity contribution in [3.63, 3.8) is 0 Å². The molecule has 112 valence electrons. The minimum atomic E-state index is -3.04. The van der Waals surface area contributed by atoms with Crippen LogP contribution >= 0.6 is 0 Å². The van der Waals surface area contributed by atoms with Gasteiger partial charge in [0.15, 0.2) is 9.84 Å². The molecule has 1 N–H and O–H groups in total. The fourth-order valence-electron chi connectivity index (χ4n) is 2.91. The molecule has 1 aliphatic heterocycles. The van der Waals surface area contributed by atoms with Crippen LogP contribution in [0.25, 0.3) is 11.0 Å². The number of fused-ring (bicyclic) bond motifs is 1.